The third-order valence-corrected chi connectivity index (χ3v) is 18.8. The highest BCUT2D eigenvalue weighted by Gasteiger charge is 2.38. The number of benzene rings is 10. The standard InChI is InChI=1S/C87H102F2O4/c1-80(2,3)50-86(19,20)70-48-68(52-26-23-28-62(88)44-52)76(90)74(72-64-36-34-58(82(7,8)9)42-56(64)40-54-30-32-60(46-66(54)72)84(13,14)15)78(70)92-38-25-39-93-79-71(87(21,22)51-81(4,5)6)49-69(53-27-24-29-63(89)45-53)77(91)75(79)73-65-37-35-59(83(10,11)12)43-57(65)41-55-31-33-61(47-67(55)73)85(16,17)18/h23-24,26-37,40-49,90-91H,25,38-39,50-51H2,1-22H3. The zero-order chi connectivity index (χ0) is 68.1. The van der Waals surface area contributed by atoms with Crippen molar-refractivity contribution < 1.29 is 28.5 Å². The molecule has 0 amide bonds. The van der Waals surface area contributed by atoms with Crippen molar-refractivity contribution in [3.8, 4) is 67.5 Å². The van der Waals surface area contributed by atoms with E-state index in [-0.39, 0.29) is 57.2 Å². The number of halogens is 2. The Hall–Kier alpha value is -7.70. The summed E-state index contributed by atoms with van der Waals surface area (Å²) in [5, 5.41) is 35.1. The van der Waals surface area contributed by atoms with Crippen molar-refractivity contribution in [1.29, 1.82) is 0 Å². The van der Waals surface area contributed by atoms with E-state index in [0.717, 1.165) is 89.3 Å². The number of phenols is 2. The highest BCUT2D eigenvalue weighted by atomic mass is 19.1. The molecule has 0 spiro atoms. The molecule has 93 heavy (non-hydrogen) atoms. The van der Waals surface area contributed by atoms with Crippen LogP contribution in [0.25, 0.3) is 87.6 Å². The SMILES string of the molecule is CC(C)(C)CC(C)(C)c1cc(-c2cccc(F)c2)c(O)c(-c2c3ccc(C(C)(C)C)cc3cc3ccc(C(C)(C)C)cc23)c1OCCCOc1c(C(C)(C)CC(C)(C)C)cc(-c2cccc(F)c2)c(O)c1-c1c2ccc(C(C)(C)C)cc2cc2ccc(C(C)(C)C)cc12. The summed E-state index contributed by atoms with van der Waals surface area (Å²) in [6.07, 6.45) is 1.91. The van der Waals surface area contributed by atoms with Crippen LogP contribution in [0.4, 0.5) is 8.78 Å². The Balaban J connectivity index is 1.23. The van der Waals surface area contributed by atoms with E-state index in [9.17, 15) is 10.2 Å². The van der Waals surface area contributed by atoms with Crippen molar-refractivity contribution in [1.82, 2.24) is 0 Å². The van der Waals surface area contributed by atoms with Gasteiger partial charge in [-0.1, -0.05) is 237 Å². The second-order valence-electron chi connectivity index (χ2n) is 34.6. The molecule has 488 valence electrons. The lowest BCUT2D eigenvalue weighted by atomic mass is 9.70. The van der Waals surface area contributed by atoms with Gasteiger partial charge in [-0.2, -0.15) is 0 Å². The molecule has 10 rings (SSSR count). The first-order valence-corrected chi connectivity index (χ1v) is 33.6. The second-order valence-corrected chi connectivity index (χ2v) is 34.6. The van der Waals surface area contributed by atoms with Crippen LogP contribution in [0.1, 0.15) is 205 Å². The van der Waals surface area contributed by atoms with E-state index in [1.165, 1.54) is 35.4 Å². The molecule has 0 aromatic heterocycles. The van der Waals surface area contributed by atoms with E-state index in [0.29, 0.717) is 51.3 Å². The van der Waals surface area contributed by atoms with Crippen molar-refractivity contribution in [2.24, 2.45) is 10.8 Å². The van der Waals surface area contributed by atoms with Crippen LogP contribution in [-0.4, -0.2) is 23.4 Å². The molecule has 4 nitrogen and oxygen atoms in total. The fourth-order valence-electron chi connectivity index (χ4n) is 14.7. The van der Waals surface area contributed by atoms with Crippen LogP contribution in [0.5, 0.6) is 23.0 Å². The summed E-state index contributed by atoms with van der Waals surface area (Å²) in [6, 6.07) is 48.5. The largest absolute Gasteiger partial charge is 0.507 e. The smallest absolute Gasteiger partial charge is 0.135 e. The molecule has 0 fully saturated rings. The van der Waals surface area contributed by atoms with E-state index < -0.39 is 22.5 Å². The molecule has 0 atom stereocenters. The highest BCUT2D eigenvalue weighted by molar-refractivity contribution is 6.17. The number of fused-ring (bicyclic) bond motifs is 4. The van der Waals surface area contributed by atoms with Crippen molar-refractivity contribution in [3.63, 3.8) is 0 Å². The van der Waals surface area contributed by atoms with Crippen LogP contribution in [0.15, 0.2) is 146 Å². The number of hydrogen-bond donors (Lipinski definition) is 2. The van der Waals surface area contributed by atoms with Gasteiger partial charge in [-0.05, 0) is 193 Å². The van der Waals surface area contributed by atoms with Crippen LogP contribution in [0.3, 0.4) is 0 Å². The average Bonchev–Trinajstić information content (AvgIpc) is 0.730. The van der Waals surface area contributed by atoms with Gasteiger partial charge >= 0.3 is 0 Å². The van der Waals surface area contributed by atoms with Gasteiger partial charge in [0, 0.05) is 39.8 Å². The van der Waals surface area contributed by atoms with Crippen LogP contribution in [-0.2, 0) is 32.5 Å². The first-order valence-electron chi connectivity index (χ1n) is 33.6. The van der Waals surface area contributed by atoms with Crippen LogP contribution in [0.2, 0.25) is 0 Å². The maximum atomic E-state index is 15.6. The van der Waals surface area contributed by atoms with E-state index >= 15 is 8.78 Å². The Bertz CT molecular complexity index is 4230. The van der Waals surface area contributed by atoms with Crippen molar-refractivity contribution in [2.75, 3.05) is 13.2 Å². The van der Waals surface area contributed by atoms with E-state index in [2.05, 4.69) is 237 Å². The van der Waals surface area contributed by atoms with Crippen LogP contribution in [0, 0.1) is 22.5 Å². The van der Waals surface area contributed by atoms with Gasteiger partial charge in [0.1, 0.15) is 34.6 Å². The summed E-state index contributed by atoms with van der Waals surface area (Å²) in [4.78, 5) is 0. The normalized spacial score (nSPS) is 13.2. The molecule has 0 saturated carbocycles. The topological polar surface area (TPSA) is 58.9 Å². The summed E-state index contributed by atoms with van der Waals surface area (Å²) >= 11 is 0. The van der Waals surface area contributed by atoms with E-state index in [1.54, 1.807) is 12.1 Å². The lowest BCUT2D eigenvalue weighted by Crippen LogP contribution is -2.26. The minimum absolute atomic E-state index is 0.00722. The quantitative estimate of drug-likeness (QED) is 0.0841. The highest BCUT2D eigenvalue weighted by Crippen LogP contribution is 2.57. The minimum atomic E-state index is -0.546. The lowest BCUT2D eigenvalue weighted by Gasteiger charge is -2.36. The zero-order valence-electron chi connectivity index (χ0n) is 59.9. The van der Waals surface area contributed by atoms with Gasteiger partial charge in [0.15, 0.2) is 0 Å². The Labute approximate surface area is 554 Å². The number of aromatic hydroxyl groups is 2. The molecule has 0 saturated heterocycles. The molecular formula is C87H102F2O4. The molecule has 0 heterocycles. The monoisotopic (exact) mass is 1250 g/mol. The molecule has 10 aromatic rings. The lowest BCUT2D eigenvalue weighted by molar-refractivity contribution is 0.231. The van der Waals surface area contributed by atoms with E-state index in [4.69, 9.17) is 9.47 Å². The Morgan fingerprint density at radius 1 is 0.333 bits per heavy atom. The van der Waals surface area contributed by atoms with Gasteiger partial charge in [0.2, 0.25) is 0 Å². The van der Waals surface area contributed by atoms with Crippen molar-refractivity contribution >= 4 is 43.1 Å². The van der Waals surface area contributed by atoms with Gasteiger partial charge in [-0.3, -0.25) is 0 Å². The third kappa shape index (κ3) is 14.2. The van der Waals surface area contributed by atoms with E-state index in [1.807, 2.05) is 24.3 Å². The van der Waals surface area contributed by atoms with Crippen molar-refractivity contribution in [2.45, 2.75) is 204 Å². The Morgan fingerprint density at radius 2 is 0.667 bits per heavy atom. The zero-order valence-corrected chi connectivity index (χ0v) is 59.9. The maximum absolute atomic E-state index is 15.6. The summed E-state index contributed by atoms with van der Waals surface area (Å²) in [7, 11) is 0. The molecule has 0 aliphatic rings. The summed E-state index contributed by atoms with van der Waals surface area (Å²) in [6.45, 7) is 49.6. The summed E-state index contributed by atoms with van der Waals surface area (Å²) < 4.78 is 46.3. The summed E-state index contributed by atoms with van der Waals surface area (Å²) in [5.74, 6) is 0.349. The van der Waals surface area contributed by atoms with Gasteiger partial charge in [0.05, 0.1) is 24.3 Å². The third-order valence-electron chi connectivity index (χ3n) is 18.8. The number of rotatable bonds is 14. The number of hydrogen-bond acceptors (Lipinski definition) is 4. The number of ether oxygens (including phenoxy) is 2. The van der Waals surface area contributed by atoms with Crippen LogP contribution < -0.4 is 9.47 Å². The van der Waals surface area contributed by atoms with Gasteiger partial charge in [0.25, 0.3) is 0 Å². The Morgan fingerprint density at radius 3 is 0.989 bits per heavy atom. The molecule has 0 radical (unpaired) electrons. The van der Waals surface area contributed by atoms with Gasteiger partial charge < -0.3 is 19.7 Å². The minimum Gasteiger partial charge on any atom is -0.507 e. The molecule has 10 aromatic carbocycles. The molecule has 0 aliphatic heterocycles. The molecular weight excluding hydrogens is 1150 g/mol. The van der Waals surface area contributed by atoms with Gasteiger partial charge in [-0.15, -0.1) is 0 Å². The van der Waals surface area contributed by atoms with Gasteiger partial charge in [-0.25, -0.2) is 8.78 Å². The molecule has 0 unspecified atom stereocenters. The van der Waals surface area contributed by atoms with Crippen molar-refractivity contribution in [3.05, 3.63) is 191 Å². The number of phenolic OH excluding ortho intramolecular Hbond substituents is 2. The molecule has 6 heteroatoms. The maximum Gasteiger partial charge on any atom is 0.135 e. The predicted molar refractivity (Wildman–Crippen MR) is 393 cm³/mol. The molecule has 0 aliphatic carbocycles. The first-order chi connectivity index (χ1) is 43.0. The van der Waals surface area contributed by atoms with Crippen LogP contribution >= 0.6 is 0 Å². The fraction of sp³-hybridized carbons (Fsp3) is 0.402. The first kappa shape index (κ1) is 68.2. The molecule has 0 bridgehead atoms. The average molecular weight is 1250 g/mol. The molecule has 2 N–H and O–H groups in total. The predicted octanol–water partition coefficient (Wildman–Crippen LogP) is 25.1. The second kappa shape index (κ2) is 24.3. The fourth-order valence-corrected chi connectivity index (χ4v) is 14.7. The Kier molecular flexibility index (Phi) is 17.8. The summed E-state index contributed by atoms with van der Waals surface area (Å²) in [5.41, 5.74) is 9.40.